The van der Waals surface area contributed by atoms with Crippen LogP contribution in [0.1, 0.15) is 44.9 Å². The Morgan fingerprint density at radius 1 is 1.03 bits per heavy atom. The predicted octanol–water partition coefficient (Wildman–Crippen LogP) is 2.65. The van der Waals surface area contributed by atoms with Crippen LogP contribution in [0, 0.1) is 0 Å². The number of carbonyl (C=O) groups is 3. The van der Waals surface area contributed by atoms with Crippen LogP contribution in [-0.2, 0) is 19.1 Å². The standard InChI is InChI=1S/C27H24N2O7S/c1-5-34-26(33)23-15(2)28-27-29(24(23)18-10-12-20(13-11-18)35-16(3)30)25(32)22(37-27)14-19-8-6-7-9-21(19)36-17(4)31/h6-14,24H,5H2,1-4H3. The third-order valence-electron chi connectivity index (χ3n) is 5.43. The number of ether oxygens (including phenoxy) is 3. The fourth-order valence-corrected chi connectivity index (χ4v) is 5.02. The Labute approximate surface area is 215 Å². The lowest BCUT2D eigenvalue weighted by Gasteiger charge is -2.24. The number of aromatic nitrogens is 1. The van der Waals surface area contributed by atoms with Crippen molar-refractivity contribution in [1.29, 1.82) is 0 Å². The fourth-order valence-electron chi connectivity index (χ4n) is 3.98. The molecule has 0 radical (unpaired) electrons. The second-order valence-electron chi connectivity index (χ2n) is 8.10. The van der Waals surface area contributed by atoms with Gasteiger partial charge in [-0.3, -0.25) is 19.0 Å². The summed E-state index contributed by atoms with van der Waals surface area (Å²) in [6.07, 6.45) is 1.63. The van der Waals surface area contributed by atoms with Gasteiger partial charge in [-0.25, -0.2) is 9.79 Å². The smallest absolute Gasteiger partial charge is 0.338 e. The second-order valence-corrected chi connectivity index (χ2v) is 9.11. The number of para-hydroxylation sites is 1. The number of rotatable bonds is 6. The fraction of sp³-hybridized carbons (Fsp3) is 0.222. The number of hydrogen-bond acceptors (Lipinski definition) is 9. The van der Waals surface area contributed by atoms with Crippen LogP contribution in [0.5, 0.6) is 11.5 Å². The maximum Gasteiger partial charge on any atom is 0.338 e. The maximum absolute atomic E-state index is 13.7. The number of benzene rings is 2. The van der Waals surface area contributed by atoms with Crippen molar-refractivity contribution < 1.29 is 28.6 Å². The molecule has 0 bridgehead atoms. The number of carbonyl (C=O) groups excluding carboxylic acids is 3. The molecule has 2 aromatic carbocycles. The molecule has 0 amide bonds. The summed E-state index contributed by atoms with van der Waals surface area (Å²) in [6, 6.07) is 12.6. The van der Waals surface area contributed by atoms with E-state index in [0.717, 1.165) is 11.3 Å². The summed E-state index contributed by atoms with van der Waals surface area (Å²) in [5.41, 5.74) is 1.46. The molecule has 0 saturated heterocycles. The zero-order valence-electron chi connectivity index (χ0n) is 20.6. The van der Waals surface area contributed by atoms with Crippen molar-refractivity contribution in [2.24, 2.45) is 4.99 Å². The molecule has 0 N–H and O–H groups in total. The lowest BCUT2D eigenvalue weighted by molar-refractivity contribution is -0.139. The van der Waals surface area contributed by atoms with Crippen molar-refractivity contribution in [2.45, 2.75) is 33.7 Å². The molecule has 9 nitrogen and oxygen atoms in total. The molecule has 2 heterocycles. The molecule has 37 heavy (non-hydrogen) atoms. The van der Waals surface area contributed by atoms with Crippen LogP contribution in [0.15, 0.2) is 69.6 Å². The van der Waals surface area contributed by atoms with Gasteiger partial charge < -0.3 is 14.2 Å². The van der Waals surface area contributed by atoms with Gasteiger partial charge in [0, 0.05) is 19.4 Å². The van der Waals surface area contributed by atoms with Gasteiger partial charge in [-0.15, -0.1) is 0 Å². The number of fused-ring (bicyclic) bond motifs is 1. The Bertz CT molecular complexity index is 1600. The maximum atomic E-state index is 13.7. The summed E-state index contributed by atoms with van der Waals surface area (Å²) in [7, 11) is 0. The molecule has 1 aromatic heterocycles. The monoisotopic (exact) mass is 520 g/mol. The van der Waals surface area contributed by atoms with Crippen LogP contribution in [0.2, 0.25) is 0 Å². The summed E-state index contributed by atoms with van der Waals surface area (Å²) < 4.78 is 17.5. The first-order valence-electron chi connectivity index (χ1n) is 11.4. The van der Waals surface area contributed by atoms with Gasteiger partial charge in [-0.1, -0.05) is 41.7 Å². The quantitative estimate of drug-likeness (QED) is 0.363. The Kier molecular flexibility index (Phi) is 7.49. The highest BCUT2D eigenvalue weighted by Gasteiger charge is 2.33. The van der Waals surface area contributed by atoms with Crippen LogP contribution in [-0.4, -0.2) is 29.1 Å². The minimum atomic E-state index is -0.812. The molecule has 190 valence electrons. The zero-order chi connectivity index (χ0) is 26.7. The highest BCUT2D eigenvalue weighted by Crippen LogP contribution is 2.31. The minimum absolute atomic E-state index is 0.158. The average Bonchev–Trinajstić information content (AvgIpc) is 3.14. The van der Waals surface area contributed by atoms with Crippen LogP contribution >= 0.6 is 11.3 Å². The molecule has 1 aliphatic rings. The van der Waals surface area contributed by atoms with E-state index in [1.54, 1.807) is 68.5 Å². The van der Waals surface area contributed by atoms with E-state index in [1.165, 1.54) is 18.4 Å². The van der Waals surface area contributed by atoms with Gasteiger partial charge in [0.05, 0.1) is 28.5 Å². The van der Waals surface area contributed by atoms with Crippen molar-refractivity contribution >= 4 is 35.3 Å². The molecular formula is C27H24N2O7S. The van der Waals surface area contributed by atoms with E-state index in [2.05, 4.69) is 4.99 Å². The van der Waals surface area contributed by atoms with Gasteiger partial charge in [-0.05, 0) is 43.7 Å². The van der Waals surface area contributed by atoms with Gasteiger partial charge in [0.1, 0.15) is 11.5 Å². The van der Waals surface area contributed by atoms with Crippen molar-refractivity contribution in [2.75, 3.05) is 6.61 Å². The van der Waals surface area contributed by atoms with E-state index < -0.39 is 23.9 Å². The number of nitrogens with zero attached hydrogens (tertiary/aromatic N) is 2. The average molecular weight is 521 g/mol. The molecule has 10 heteroatoms. The van der Waals surface area contributed by atoms with Gasteiger partial charge in [0.2, 0.25) is 0 Å². The summed E-state index contributed by atoms with van der Waals surface area (Å²) in [6.45, 7) is 6.16. The van der Waals surface area contributed by atoms with Crippen LogP contribution in [0.3, 0.4) is 0 Å². The molecule has 4 rings (SSSR count). The lowest BCUT2D eigenvalue weighted by atomic mass is 9.96. The highest BCUT2D eigenvalue weighted by atomic mass is 32.1. The normalized spacial score (nSPS) is 15.0. The summed E-state index contributed by atoms with van der Waals surface area (Å²) in [4.78, 5) is 54.5. The highest BCUT2D eigenvalue weighted by molar-refractivity contribution is 7.07. The Morgan fingerprint density at radius 3 is 2.35 bits per heavy atom. The van der Waals surface area contributed by atoms with E-state index in [4.69, 9.17) is 14.2 Å². The van der Waals surface area contributed by atoms with Crippen LogP contribution in [0.25, 0.3) is 6.08 Å². The first-order chi connectivity index (χ1) is 17.7. The van der Waals surface area contributed by atoms with Crippen molar-refractivity contribution in [3.8, 4) is 11.5 Å². The third-order valence-corrected chi connectivity index (χ3v) is 6.42. The van der Waals surface area contributed by atoms with Crippen molar-refractivity contribution in [3.63, 3.8) is 0 Å². The molecule has 1 atom stereocenters. The number of allylic oxidation sites excluding steroid dienone is 1. The van der Waals surface area contributed by atoms with Crippen molar-refractivity contribution in [3.05, 3.63) is 90.6 Å². The molecule has 3 aromatic rings. The molecule has 0 aliphatic carbocycles. The zero-order valence-corrected chi connectivity index (χ0v) is 21.5. The lowest BCUT2D eigenvalue weighted by Crippen LogP contribution is -2.39. The van der Waals surface area contributed by atoms with Gasteiger partial charge >= 0.3 is 17.9 Å². The number of thiazole rings is 1. The van der Waals surface area contributed by atoms with Gasteiger partial charge in [-0.2, -0.15) is 0 Å². The molecule has 1 unspecified atom stereocenters. The van der Waals surface area contributed by atoms with Gasteiger partial charge in [0.25, 0.3) is 5.56 Å². The topological polar surface area (TPSA) is 113 Å². The largest absolute Gasteiger partial charge is 0.463 e. The number of hydrogen-bond donors (Lipinski definition) is 0. The summed E-state index contributed by atoms with van der Waals surface area (Å²) >= 11 is 1.16. The van der Waals surface area contributed by atoms with E-state index in [9.17, 15) is 19.2 Å². The summed E-state index contributed by atoms with van der Waals surface area (Å²) in [5, 5.41) is 0. The first-order valence-corrected chi connectivity index (χ1v) is 12.3. The van der Waals surface area contributed by atoms with E-state index >= 15 is 0 Å². The van der Waals surface area contributed by atoms with Gasteiger partial charge in [0.15, 0.2) is 4.80 Å². The SMILES string of the molecule is CCOC(=O)C1=C(C)N=c2sc(=Cc3ccccc3OC(C)=O)c(=O)n2C1c1ccc(OC(C)=O)cc1. The second kappa shape index (κ2) is 10.8. The van der Waals surface area contributed by atoms with Crippen LogP contribution in [0.4, 0.5) is 0 Å². The Balaban J connectivity index is 1.91. The molecule has 0 saturated carbocycles. The number of esters is 3. The van der Waals surface area contributed by atoms with Crippen molar-refractivity contribution in [1.82, 2.24) is 4.57 Å². The van der Waals surface area contributed by atoms with E-state index in [-0.39, 0.29) is 17.7 Å². The first kappa shape index (κ1) is 25.8. The predicted molar refractivity (Wildman–Crippen MR) is 136 cm³/mol. The summed E-state index contributed by atoms with van der Waals surface area (Å²) in [5.74, 6) is -0.856. The Morgan fingerprint density at radius 2 is 1.70 bits per heavy atom. The molecular weight excluding hydrogens is 496 g/mol. The molecule has 1 aliphatic heterocycles. The molecule has 0 spiro atoms. The molecule has 0 fully saturated rings. The van der Waals surface area contributed by atoms with E-state index in [0.29, 0.717) is 37.7 Å². The van der Waals surface area contributed by atoms with Crippen LogP contribution < -0.4 is 24.4 Å². The Hall–Kier alpha value is -4.31. The van der Waals surface area contributed by atoms with E-state index in [1.807, 2.05) is 0 Å². The third kappa shape index (κ3) is 5.44. The minimum Gasteiger partial charge on any atom is -0.463 e.